The third-order valence-corrected chi connectivity index (χ3v) is 4.15. The minimum absolute atomic E-state index is 0.00244. The van der Waals surface area contributed by atoms with Crippen molar-refractivity contribution in [2.24, 2.45) is 0 Å². The van der Waals surface area contributed by atoms with Crippen LogP contribution in [0.15, 0.2) is 30.3 Å². The molecule has 0 saturated carbocycles. The zero-order chi connectivity index (χ0) is 16.2. The molecule has 0 bridgehead atoms. The van der Waals surface area contributed by atoms with E-state index >= 15 is 0 Å². The SMILES string of the molecule is COC(=O)c1nn(CCO)c2c1CN(Cc1ccccc1)CC2. The Morgan fingerprint density at radius 1 is 1.35 bits per heavy atom. The van der Waals surface area contributed by atoms with Gasteiger partial charge in [0.25, 0.3) is 0 Å². The summed E-state index contributed by atoms with van der Waals surface area (Å²) in [6.45, 7) is 2.81. The van der Waals surface area contributed by atoms with E-state index in [0.29, 0.717) is 18.8 Å². The molecule has 0 atom stereocenters. The lowest BCUT2D eigenvalue weighted by Crippen LogP contribution is -2.31. The Bertz CT molecular complexity index is 682. The van der Waals surface area contributed by atoms with Crippen molar-refractivity contribution >= 4 is 5.97 Å². The quantitative estimate of drug-likeness (QED) is 0.840. The topological polar surface area (TPSA) is 67.6 Å². The molecular weight excluding hydrogens is 294 g/mol. The van der Waals surface area contributed by atoms with Crippen LogP contribution in [-0.4, -0.2) is 46.0 Å². The van der Waals surface area contributed by atoms with Crippen molar-refractivity contribution in [2.75, 3.05) is 20.3 Å². The summed E-state index contributed by atoms with van der Waals surface area (Å²) < 4.78 is 6.59. The molecule has 1 aliphatic rings. The molecule has 122 valence electrons. The van der Waals surface area contributed by atoms with E-state index in [4.69, 9.17) is 4.74 Å². The first-order valence-electron chi connectivity index (χ1n) is 7.77. The summed E-state index contributed by atoms with van der Waals surface area (Å²) in [6, 6.07) is 10.3. The lowest BCUT2D eigenvalue weighted by atomic mass is 10.0. The fourth-order valence-corrected chi connectivity index (χ4v) is 3.06. The van der Waals surface area contributed by atoms with Crippen LogP contribution in [0.3, 0.4) is 0 Å². The van der Waals surface area contributed by atoms with Crippen LogP contribution in [0.2, 0.25) is 0 Å². The third-order valence-electron chi connectivity index (χ3n) is 4.15. The van der Waals surface area contributed by atoms with Crippen molar-refractivity contribution in [1.29, 1.82) is 0 Å². The van der Waals surface area contributed by atoms with E-state index in [2.05, 4.69) is 22.1 Å². The number of rotatable bonds is 5. The number of carbonyl (C=O) groups is 1. The van der Waals surface area contributed by atoms with Gasteiger partial charge in [0.1, 0.15) is 0 Å². The maximum absolute atomic E-state index is 12.0. The van der Waals surface area contributed by atoms with E-state index in [9.17, 15) is 9.90 Å². The number of nitrogens with zero attached hydrogens (tertiary/aromatic N) is 3. The van der Waals surface area contributed by atoms with Gasteiger partial charge in [-0.2, -0.15) is 5.10 Å². The van der Waals surface area contributed by atoms with Crippen LogP contribution in [0.4, 0.5) is 0 Å². The predicted molar refractivity (Wildman–Crippen MR) is 84.9 cm³/mol. The smallest absolute Gasteiger partial charge is 0.358 e. The minimum atomic E-state index is -0.417. The molecule has 0 unspecified atom stereocenters. The van der Waals surface area contributed by atoms with Crippen LogP contribution in [0.25, 0.3) is 0 Å². The van der Waals surface area contributed by atoms with Crippen LogP contribution < -0.4 is 0 Å². The zero-order valence-corrected chi connectivity index (χ0v) is 13.2. The molecule has 1 aliphatic heterocycles. The van der Waals surface area contributed by atoms with Gasteiger partial charge in [-0.1, -0.05) is 30.3 Å². The number of esters is 1. The van der Waals surface area contributed by atoms with Gasteiger partial charge in [0.2, 0.25) is 0 Å². The van der Waals surface area contributed by atoms with Crippen molar-refractivity contribution in [3.8, 4) is 0 Å². The highest BCUT2D eigenvalue weighted by atomic mass is 16.5. The maximum atomic E-state index is 12.0. The first-order chi connectivity index (χ1) is 11.2. The fraction of sp³-hybridized carbons (Fsp3) is 0.412. The van der Waals surface area contributed by atoms with Crippen LogP contribution >= 0.6 is 0 Å². The molecule has 0 aliphatic carbocycles. The van der Waals surface area contributed by atoms with Gasteiger partial charge in [-0.15, -0.1) is 0 Å². The van der Waals surface area contributed by atoms with Crippen molar-refractivity contribution in [2.45, 2.75) is 26.1 Å². The lowest BCUT2D eigenvalue weighted by molar-refractivity contribution is 0.0590. The highest BCUT2D eigenvalue weighted by molar-refractivity contribution is 5.89. The molecule has 1 aromatic carbocycles. The average Bonchev–Trinajstić information content (AvgIpc) is 2.93. The number of hydrogen-bond acceptors (Lipinski definition) is 5. The summed E-state index contributed by atoms with van der Waals surface area (Å²) in [5.41, 5.74) is 3.57. The van der Waals surface area contributed by atoms with Crippen LogP contribution in [0.1, 0.15) is 27.3 Å². The molecule has 0 amide bonds. The highest BCUT2D eigenvalue weighted by Gasteiger charge is 2.28. The van der Waals surface area contributed by atoms with Gasteiger partial charge >= 0.3 is 5.97 Å². The third kappa shape index (κ3) is 3.28. The predicted octanol–water partition coefficient (Wildman–Crippen LogP) is 1.22. The Balaban J connectivity index is 1.85. The summed E-state index contributed by atoms with van der Waals surface area (Å²) in [4.78, 5) is 14.3. The van der Waals surface area contributed by atoms with E-state index in [1.807, 2.05) is 18.2 Å². The molecule has 23 heavy (non-hydrogen) atoms. The number of aliphatic hydroxyl groups excluding tert-OH is 1. The number of ether oxygens (including phenoxy) is 1. The van der Waals surface area contributed by atoms with Crippen LogP contribution in [0, 0.1) is 0 Å². The molecule has 1 N–H and O–H groups in total. The lowest BCUT2D eigenvalue weighted by Gasteiger charge is -2.27. The van der Waals surface area contributed by atoms with Crippen LogP contribution in [-0.2, 0) is 30.8 Å². The van der Waals surface area contributed by atoms with Crippen molar-refractivity contribution in [3.63, 3.8) is 0 Å². The monoisotopic (exact) mass is 315 g/mol. The number of aliphatic hydroxyl groups is 1. The minimum Gasteiger partial charge on any atom is -0.464 e. The summed E-state index contributed by atoms with van der Waals surface area (Å²) in [7, 11) is 1.37. The molecule has 2 heterocycles. The van der Waals surface area contributed by atoms with Gasteiger partial charge in [0.05, 0.1) is 20.3 Å². The second-order valence-electron chi connectivity index (χ2n) is 5.66. The second-order valence-corrected chi connectivity index (χ2v) is 5.66. The standard InChI is InChI=1S/C17H21N3O3/c1-23-17(22)16-14-12-19(11-13-5-3-2-4-6-13)8-7-15(14)20(18-16)9-10-21/h2-6,21H,7-12H2,1H3. The van der Waals surface area contributed by atoms with Gasteiger partial charge in [0, 0.05) is 37.3 Å². The first-order valence-corrected chi connectivity index (χ1v) is 7.77. The molecule has 6 heteroatoms. The first kappa shape index (κ1) is 15.7. The Labute approximate surface area is 135 Å². The molecule has 2 aromatic rings. The average molecular weight is 315 g/mol. The Morgan fingerprint density at radius 2 is 2.13 bits per heavy atom. The fourth-order valence-electron chi connectivity index (χ4n) is 3.06. The van der Waals surface area contributed by atoms with Gasteiger partial charge in [-0.25, -0.2) is 4.79 Å². The summed E-state index contributed by atoms with van der Waals surface area (Å²) in [5.74, 6) is -0.417. The van der Waals surface area contributed by atoms with Crippen molar-refractivity contribution in [3.05, 3.63) is 52.8 Å². The Hall–Kier alpha value is -2.18. The second kappa shape index (κ2) is 6.93. The molecule has 0 saturated heterocycles. The van der Waals surface area contributed by atoms with Gasteiger partial charge in [-0.05, 0) is 5.56 Å². The molecule has 1 aromatic heterocycles. The van der Waals surface area contributed by atoms with Gasteiger partial charge in [-0.3, -0.25) is 9.58 Å². The van der Waals surface area contributed by atoms with Crippen LogP contribution in [0.5, 0.6) is 0 Å². The molecule has 0 radical (unpaired) electrons. The number of methoxy groups -OCH3 is 1. The molecule has 0 spiro atoms. The van der Waals surface area contributed by atoms with Gasteiger partial charge in [0.15, 0.2) is 5.69 Å². The normalized spacial score (nSPS) is 14.5. The molecule has 3 rings (SSSR count). The number of aromatic nitrogens is 2. The number of carbonyl (C=O) groups excluding carboxylic acids is 1. The Kier molecular flexibility index (Phi) is 4.73. The summed E-state index contributed by atoms with van der Waals surface area (Å²) in [5, 5.41) is 13.5. The van der Waals surface area contributed by atoms with E-state index in [1.165, 1.54) is 12.7 Å². The number of hydrogen-bond donors (Lipinski definition) is 1. The largest absolute Gasteiger partial charge is 0.464 e. The van der Waals surface area contributed by atoms with E-state index < -0.39 is 5.97 Å². The molecule has 0 fully saturated rings. The van der Waals surface area contributed by atoms with E-state index in [0.717, 1.165) is 30.8 Å². The summed E-state index contributed by atoms with van der Waals surface area (Å²) >= 11 is 0. The molecular formula is C17H21N3O3. The summed E-state index contributed by atoms with van der Waals surface area (Å²) in [6.07, 6.45) is 0.812. The van der Waals surface area contributed by atoms with E-state index in [1.54, 1.807) is 4.68 Å². The van der Waals surface area contributed by atoms with Crippen molar-refractivity contribution < 1.29 is 14.6 Å². The maximum Gasteiger partial charge on any atom is 0.358 e. The highest BCUT2D eigenvalue weighted by Crippen LogP contribution is 2.24. The Morgan fingerprint density at radius 3 is 2.83 bits per heavy atom. The van der Waals surface area contributed by atoms with Gasteiger partial charge < -0.3 is 9.84 Å². The zero-order valence-electron chi connectivity index (χ0n) is 13.2. The van der Waals surface area contributed by atoms with Crippen molar-refractivity contribution in [1.82, 2.24) is 14.7 Å². The number of fused-ring (bicyclic) bond motifs is 1. The number of benzene rings is 1. The molecule has 6 nitrogen and oxygen atoms in total. The van der Waals surface area contributed by atoms with E-state index in [-0.39, 0.29) is 6.61 Å².